The predicted molar refractivity (Wildman–Crippen MR) is 132 cm³/mol. The van der Waals surface area contributed by atoms with E-state index in [0.29, 0.717) is 0 Å². The number of hydrogen-bond acceptors (Lipinski definition) is 9. The number of nitrogens with one attached hydrogen (secondary N) is 3. The van der Waals surface area contributed by atoms with Gasteiger partial charge in [0.2, 0.25) is 11.8 Å². The van der Waals surface area contributed by atoms with Crippen molar-refractivity contribution in [2.75, 3.05) is 12.3 Å². The first-order valence-electron chi connectivity index (χ1n) is 11.3. The van der Waals surface area contributed by atoms with E-state index in [-0.39, 0.29) is 36.6 Å². The highest BCUT2D eigenvalue weighted by Crippen LogP contribution is 2.12. The Balaban J connectivity index is 2.85. The van der Waals surface area contributed by atoms with E-state index in [1.807, 2.05) is 13.8 Å². The van der Waals surface area contributed by atoms with Gasteiger partial charge in [-0.15, -0.1) is 0 Å². The molecular formula is C20H33BN6O8S. The van der Waals surface area contributed by atoms with Gasteiger partial charge in [0.15, 0.2) is 14.9 Å². The lowest BCUT2D eigenvalue weighted by molar-refractivity contribution is -0.525. The van der Waals surface area contributed by atoms with Crippen molar-refractivity contribution in [3.63, 3.8) is 0 Å². The van der Waals surface area contributed by atoms with Crippen LogP contribution in [0.2, 0.25) is 0 Å². The molecule has 36 heavy (non-hydrogen) atoms. The first kappa shape index (κ1) is 30.8. The van der Waals surface area contributed by atoms with Gasteiger partial charge in [-0.2, -0.15) is 0 Å². The lowest BCUT2D eigenvalue weighted by Crippen LogP contribution is -2.54. The molecule has 0 aliphatic carbocycles. The van der Waals surface area contributed by atoms with E-state index in [4.69, 9.17) is 5.73 Å². The van der Waals surface area contributed by atoms with Gasteiger partial charge in [0.1, 0.15) is 6.04 Å². The zero-order valence-corrected chi connectivity index (χ0v) is 21.0. The Labute approximate surface area is 209 Å². The highest BCUT2D eigenvalue weighted by molar-refractivity contribution is 7.91. The second kappa shape index (κ2) is 15.0. The quantitative estimate of drug-likeness (QED) is 0.0396. The van der Waals surface area contributed by atoms with Gasteiger partial charge in [0.05, 0.1) is 16.6 Å². The van der Waals surface area contributed by atoms with E-state index >= 15 is 0 Å². The number of nitro groups is 1. The number of rotatable bonds is 15. The van der Waals surface area contributed by atoms with Gasteiger partial charge >= 0.3 is 7.12 Å². The van der Waals surface area contributed by atoms with E-state index < -0.39 is 63.9 Å². The highest BCUT2D eigenvalue weighted by atomic mass is 32.2. The molecule has 7 N–H and O–H groups in total. The van der Waals surface area contributed by atoms with Crippen molar-refractivity contribution in [3.8, 4) is 0 Å². The zero-order valence-electron chi connectivity index (χ0n) is 20.2. The molecule has 0 saturated carbocycles. The largest absolute Gasteiger partial charge is 0.475 e. The van der Waals surface area contributed by atoms with Crippen LogP contribution in [0.15, 0.2) is 40.2 Å². The molecule has 0 aliphatic heterocycles. The summed E-state index contributed by atoms with van der Waals surface area (Å²) in [4.78, 5) is 39.5. The molecular weight excluding hydrogens is 495 g/mol. The molecule has 2 amide bonds. The van der Waals surface area contributed by atoms with Crippen LogP contribution in [0.4, 0.5) is 0 Å². The van der Waals surface area contributed by atoms with Gasteiger partial charge in [-0.25, -0.2) is 23.5 Å². The van der Waals surface area contributed by atoms with Crippen molar-refractivity contribution in [2.24, 2.45) is 16.6 Å². The maximum Gasteiger partial charge on any atom is 0.475 e. The Morgan fingerprint density at radius 3 is 2.39 bits per heavy atom. The molecule has 0 bridgehead atoms. The molecule has 200 valence electrons. The summed E-state index contributed by atoms with van der Waals surface area (Å²) in [7, 11) is -5.55. The maximum absolute atomic E-state index is 12.8. The predicted octanol–water partition coefficient (Wildman–Crippen LogP) is -1.25. The third kappa shape index (κ3) is 11.9. The SMILES string of the molecule is CC(C)C[C@H](NC(=O)[C@H](CCCN=C(N)N[N+](=O)[O-])NC(=O)CCS(=O)(=O)c1ccccc1)B(O)O. The average molecular weight is 528 g/mol. The standard InChI is InChI=1S/C20H33BN6O8S/c1-14(2)13-17(21(30)31)25-19(29)16(9-6-11-23-20(22)26-27(32)33)24-18(28)10-12-36(34,35)15-7-4-3-5-8-15/h3-5,7-8,14,16-17,30-31H,6,9-13H2,1-2H3,(H,24,28)(H,25,29)(H3,22,23,26)/t16-,17-/m0/s1. The third-order valence-electron chi connectivity index (χ3n) is 4.90. The molecule has 0 radical (unpaired) electrons. The molecule has 0 aliphatic rings. The summed E-state index contributed by atoms with van der Waals surface area (Å²) < 4.78 is 24.9. The number of carbonyl (C=O) groups is 2. The smallest absolute Gasteiger partial charge is 0.426 e. The van der Waals surface area contributed by atoms with Crippen molar-refractivity contribution >= 4 is 34.7 Å². The van der Waals surface area contributed by atoms with Crippen molar-refractivity contribution < 1.29 is 33.1 Å². The molecule has 16 heteroatoms. The number of amides is 2. The molecule has 2 atom stereocenters. The van der Waals surface area contributed by atoms with Crippen molar-refractivity contribution in [3.05, 3.63) is 40.4 Å². The fourth-order valence-electron chi connectivity index (χ4n) is 3.18. The van der Waals surface area contributed by atoms with Crippen LogP contribution < -0.4 is 21.8 Å². The van der Waals surface area contributed by atoms with Crippen LogP contribution in [0, 0.1) is 16.0 Å². The summed E-state index contributed by atoms with van der Waals surface area (Å²) in [6, 6.07) is 6.47. The van der Waals surface area contributed by atoms with Crippen LogP contribution in [0.1, 0.15) is 39.5 Å². The van der Waals surface area contributed by atoms with Crippen LogP contribution in [-0.2, 0) is 19.4 Å². The summed E-state index contributed by atoms with van der Waals surface area (Å²) in [6.07, 6.45) is 0.0508. The molecule has 1 aromatic rings. The molecule has 14 nitrogen and oxygen atoms in total. The summed E-state index contributed by atoms with van der Waals surface area (Å²) >= 11 is 0. The molecule has 0 aromatic heterocycles. The Morgan fingerprint density at radius 2 is 1.83 bits per heavy atom. The minimum absolute atomic E-state index is 0.00718. The van der Waals surface area contributed by atoms with Crippen molar-refractivity contribution in [1.29, 1.82) is 0 Å². The third-order valence-corrected chi connectivity index (χ3v) is 6.64. The number of hydrazine groups is 1. The van der Waals surface area contributed by atoms with Crippen LogP contribution in [-0.4, -0.2) is 72.7 Å². The molecule has 0 saturated heterocycles. The van der Waals surface area contributed by atoms with Gasteiger partial charge in [-0.05, 0) is 37.3 Å². The Kier molecular flexibility index (Phi) is 12.8. The van der Waals surface area contributed by atoms with E-state index in [1.54, 1.807) is 23.6 Å². The lowest BCUT2D eigenvalue weighted by Gasteiger charge is -2.24. The average Bonchev–Trinajstić information content (AvgIpc) is 2.79. The number of nitrogens with two attached hydrogens (primary N) is 1. The number of guanidine groups is 1. The molecule has 1 rings (SSSR count). The minimum Gasteiger partial charge on any atom is -0.426 e. The zero-order chi connectivity index (χ0) is 27.3. The monoisotopic (exact) mass is 528 g/mol. The minimum atomic E-state index is -3.72. The van der Waals surface area contributed by atoms with E-state index in [1.165, 1.54) is 12.1 Å². The number of carbonyl (C=O) groups excluding carboxylic acids is 2. The summed E-state index contributed by atoms with van der Waals surface area (Å²) in [5.41, 5.74) is 7.02. The molecule has 0 fully saturated rings. The lowest BCUT2D eigenvalue weighted by atomic mass is 9.75. The summed E-state index contributed by atoms with van der Waals surface area (Å²) in [6.45, 7) is 3.65. The first-order valence-corrected chi connectivity index (χ1v) is 12.9. The van der Waals surface area contributed by atoms with Gasteiger partial charge in [-0.1, -0.05) is 37.5 Å². The number of nitrogens with zero attached hydrogens (tertiary/aromatic N) is 2. The van der Waals surface area contributed by atoms with Gasteiger partial charge in [0.25, 0.3) is 5.96 Å². The Morgan fingerprint density at radius 1 is 1.19 bits per heavy atom. The van der Waals surface area contributed by atoms with Gasteiger partial charge in [0, 0.05) is 13.0 Å². The Hall–Kier alpha value is -3.24. The number of sulfone groups is 1. The molecule has 0 spiro atoms. The van der Waals surface area contributed by atoms with Crippen molar-refractivity contribution in [2.45, 2.75) is 56.4 Å². The second-order valence-corrected chi connectivity index (χ2v) is 10.5. The van der Waals surface area contributed by atoms with Crippen LogP contribution in [0.5, 0.6) is 0 Å². The van der Waals surface area contributed by atoms with Crippen LogP contribution in [0.3, 0.4) is 0 Å². The molecule has 0 heterocycles. The van der Waals surface area contributed by atoms with E-state index in [2.05, 4.69) is 15.6 Å². The summed E-state index contributed by atoms with van der Waals surface area (Å²) in [5, 5.41) is 33.6. The topological polar surface area (TPSA) is 226 Å². The highest BCUT2D eigenvalue weighted by Gasteiger charge is 2.30. The number of hydrogen-bond donors (Lipinski definition) is 6. The number of benzene rings is 1. The maximum atomic E-state index is 12.8. The normalized spacial score (nSPS) is 13.5. The van der Waals surface area contributed by atoms with E-state index in [9.17, 15) is 38.2 Å². The van der Waals surface area contributed by atoms with Gasteiger partial charge in [-0.3, -0.25) is 9.59 Å². The second-order valence-electron chi connectivity index (χ2n) is 8.44. The molecule has 0 unspecified atom stereocenters. The van der Waals surface area contributed by atoms with E-state index in [0.717, 1.165) is 0 Å². The van der Waals surface area contributed by atoms with Crippen molar-refractivity contribution in [1.82, 2.24) is 16.1 Å². The Bertz CT molecular complexity index is 1010. The first-order chi connectivity index (χ1) is 16.8. The van der Waals surface area contributed by atoms with Crippen LogP contribution in [0.25, 0.3) is 0 Å². The number of aliphatic imine (C=N–C) groups is 1. The fraction of sp³-hybridized carbons (Fsp3) is 0.550. The van der Waals surface area contributed by atoms with Crippen LogP contribution >= 0.6 is 0 Å². The summed E-state index contributed by atoms with van der Waals surface area (Å²) in [5.74, 6) is -3.27. The van der Waals surface area contributed by atoms with Gasteiger partial charge < -0.3 is 26.4 Å². The fourth-order valence-corrected chi connectivity index (χ4v) is 4.44. The molecule has 1 aromatic carbocycles.